The maximum absolute atomic E-state index is 11.7. The first-order valence-corrected chi connectivity index (χ1v) is 12.9. The Labute approximate surface area is 281 Å². The molecule has 0 rings (SSSR count). The van der Waals surface area contributed by atoms with Crippen LogP contribution in [0.25, 0.3) is 0 Å². The van der Waals surface area contributed by atoms with Crippen LogP contribution in [0.15, 0.2) is 0 Å². The van der Waals surface area contributed by atoms with E-state index < -0.39 is 33.3 Å². The number of nitrogens with one attached hydrogen (secondary N) is 1. The summed E-state index contributed by atoms with van der Waals surface area (Å²) >= 11 is 0. The van der Waals surface area contributed by atoms with Gasteiger partial charge in [-0.25, -0.2) is 0 Å². The summed E-state index contributed by atoms with van der Waals surface area (Å²) in [7, 11) is -5.15. The van der Waals surface area contributed by atoms with Gasteiger partial charge in [0.1, 0.15) is 12.9 Å². The van der Waals surface area contributed by atoms with E-state index in [0.29, 0.717) is 6.42 Å². The number of aliphatic hydroxyl groups excluding tert-OH is 1. The number of hydrogen-bond donors (Lipinski definition) is 2. The molecule has 0 spiro atoms. The van der Waals surface area contributed by atoms with E-state index in [1.165, 1.54) is 32.6 Å². The van der Waals surface area contributed by atoms with Crippen LogP contribution in [0, 0.1) is 48.0 Å². The Morgan fingerprint density at radius 1 is 0.974 bits per heavy atom. The molecule has 1 amide bonds. The Morgan fingerprint density at radius 3 is 2.05 bits per heavy atom. The average Bonchev–Trinajstić information content (AvgIpc) is 2.81. The van der Waals surface area contributed by atoms with Gasteiger partial charge >= 0.3 is 65.1 Å². The van der Waals surface area contributed by atoms with Crippen molar-refractivity contribution < 1.29 is 112 Å². The van der Waals surface area contributed by atoms with Crippen LogP contribution in [0.1, 0.15) is 81.6 Å². The van der Waals surface area contributed by atoms with Crippen molar-refractivity contribution in [1.82, 2.24) is 5.32 Å². The van der Waals surface area contributed by atoms with Gasteiger partial charge in [0.25, 0.3) is 0 Å². The first-order valence-electron chi connectivity index (χ1n) is 11.4. The summed E-state index contributed by atoms with van der Waals surface area (Å²) < 4.78 is 24.2. The van der Waals surface area contributed by atoms with E-state index in [1.807, 2.05) is 0 Å². The molecule has 214 valence electrons. The third kappa shape index (κ3) is 39.7. The largest absolute Gasteiger partial charge is 1.00 e. The van der Waals surface area contributed by atoms with Gasteiger partial charge < -0.3 is 33.5 Å². The minimum Gasteiger partial charge on any atom is -0.790 e. The number of terminal acetylenes is 1. The number of aliphatic hydroxyl groups is 1. The molecule has 0 saturated heterocycles. The van der Waals surface area contributed by atoms with Crippen molar-refractivity contribution >= 4 is 19.7 Å². The van der Waals surface area contributed by atoms with Crippen molar-refractivity contribution in [2.75, 3.05) is 20.0 Å². The van der Waals surface area contributed by atoms with Crippen LogP contribution >= 0.6 is 7.82 Å². The summed E-state index contributed by atoms with van der Waals surface area (Å²) in [5.74, 6) is 13.1. The van der Waals surface area contributed by atoms with Crippen molar-refractivity contribution in [3.63, 3.8) is 0 Å². The summed E-state index contributed by atoms with van der Waals surface area (Å²) in [6.07, 6.45) is 12.7. The summed E-state index contributed by atoms with van der Waals surface area (Å²) in [6.45, 7) is 2.05. The monoisotopic (exact) mass is 583 g/mol. The Bertz CT molecular complexity index is 928. The van der Waals surface area contributed by atoms with E-state index in [-0.39, 0.29) is 88.0 Å². The summed E-state index contributed by atoms with van der Waals surface area (Å²) in [5.41, 5.74) is 0. The van der Waals surface area contributed by atoms with Gasteiger partial charge in [0.15, 0.2) is 0 Å². The number of carbonyl (C=O) groups excluding carboxylic acids is 2. The molecule has 0 aliphatic carbocycles. The summed E-state index contributed by atoms with van der Waals surface area (Å²) in [5, 5.41) is 10.8. The van der Waals surface area contributed by atoms with Crippen LogP contribution < -0.4 is 74.2 Å². The van der Waals surface area contributed by atoms with Gasteiger partial charge in [-0.1, -0.05) is 51.9 Å². The van der Waals surface area contributed by atoms with Crippen LogP contribution in [0.2, 0.25) is 0 Å². The molecule has 0 fully saturated rings. The number of esters is 1. The quantitative estimate of drug-likeness (QED) is 0.0361. The molecule has 0 radical (unpaired) electrons. The molecular weight excluding hydrogens is 535 g/mol. The van der Waals surface area contributed by atoms with Crippen LogP contribution in [0.3, 0.4) is 0 Å². The molecule has 0 aliphatic rings. The van der Waals surface area contributed by atoms with E-state index in [4.69, 9.17) is 16.3 Å². The zero-order chi connectivity index (χ0) is 27.5. The molecule has 13 heteroatoms. The zero-order valence-corrected chi connectivity index (χ0v) is 27.7. The Balaban J connectivity index is -0.0000000540. The zero-order valence-electron chi connectivity index (χ0n) is 22.8. The minimum absolute atomic E-state index is 0. The fourth-order valence-corrected chi connectivity index (χ4v) is 2.75. The average molecular weight is 584 g/mol. The minimum atomic E-state index is -5.15. The summed E-state index contributed by atoms with van der Waals surface area (Å²) in [6, 6.07) is 2.32. The van der Waals surface area contributed by atoms with Gasteiger partial charge in [-0.05, 0) is 24.2 Å². The predicted molar refractivity (Wildman–Crippen MR) is 144 cm³/mol. The van der Waals surface area contributed by atoms with E-state index in [1.54, 1.807) is 0 Å². The topological polar surface area (TPSA) is 157 Å². The molecule has 0 unspecified atom stereocenters. The Kier molecular flexibility index (Phi) is 37.7. The third-order valence-electron chi connectivity index (χ3n) is 3.97. The first kappa shape index (κ1) is 44.2. The van der Waals surface area contributed by atoms with Crippen LogP contribution in [-0.2, 0) is 28.2 Å². The van der Waals surface area contributed by atoms with Crippen molar-refractivity contribution in [3.8, 4) is 48.0 Å². The number of rotatable bonds is 16. The molecule has 10 nitrogen and oxygen atoms in total. The number of unbranched alkanes of at least 4 members (excludes halogenated alkanes) is 7. The van der Waals surface area contributed by atoms with Crippen LogP contribution in [-0.4, -0.2) is 43.1 Å². The molecule has 2 N–H and O–H groups in total. The molecule has 1 atom stereocenters. The van der Waals surface area contributed by atoms with E-state index in [2.05, 4.69) is 63.1 Å². The molecule has 0 aromatic carbocycles. The van der Waals surface area contributed by atoms with E-state index in [0.717, 1.165) is 19.3 Å². The van der Waals surface area contributed by atoms with E-state index in [9.17, 15) is 23.9 Å². The molecular formula is C25H48NNa2O9P. The normalized spacial score (nSPS) is 9.79. The molecule has 0 heterocycles. The predicted octanol–water partition coefficient (Wildman–Crippen LogP) is -3.31. The standard InChI is InChI=1S/C15H31O8P.C10H5NO.2Na.7H2/c1-2-3-4-5-6-7-8-9-10-15(17)23-14(11-21-13-16)12-22-24(18,19)20;1-3-4-5-6-7-8-9-11-10(2)12;;;;;;;;;/h14,16H,2-13H2,1H3,(H2,18,19,20);1H,2H3,(H,11,12);;;7*1H/q;;2*+1;;;;;;;/p-2/t14-;;;;;;;;;;/m0........../s1. The smallest absolute Gasteiger partial charge is 0.790 e. The maximum Gasteiger partial charge on any atom is 1.00 e. The fourth-order valence-electron chi connectivity index (χ4n) is 2.40. The summed E-state index contributed by atoms with van der Waals surface area (Å²) in [4.78, 5) is 42.9. The number of phosphoric acid groups is 1. The van der Waals surface area contributed by atoms with Gasteiger partial charge in [0.05, 0.1) is 21.0 Å². The third-order valence-corrected chi connectivity index (χ3v) is 4.43. The molecule has 38 heavy (non-hydrogen) atoms. The Hall–Kier alpha value is -0.790. The number of phosphoric ester groups is 1. The maximum atomic E-state index is 11.7. The van der Waals surface area contributed by atoms with Crippen molar-refractivity contribution in [3.05, 3.63) is 0 Å². The van der Waals surface area contributed by atoms with Crippen LogP contribution in [0.5, 0.6) is 0 Å². The second kappa shape index (κ2) is 32.4. The molecule has 0 aliphatic heterocycles. The van der Waals surface area contributed by atoms with Crippen molar-refractivity contribution in [2.24, 2.45) is 0 Å². The SMILES string of the molecule is C#CC#CC#CC#CNC(C)=O.CCCCCCCCCCC(=O)O[C@@H](COCO)COP(=O)([O-])[O-].[HH].[HH].[HH].[HH].[HH].[HH].[HH].[Na+].[Na+]. The number of hydrogen-bond acceptors (Lipinski definition) is 9. The molecule has 0 bridgehead atoms. The van der Waals surface area contributed by atoms with E-state index >= 15 is 0 Å². The number of amides is 1. The van der Waals surface area contributed by atoms with Gasteiger partial charge in [-0.2, -0.15) is 0 Å². The fraction of sp³-hybridized carbons (Fsp3) is 0.600. The first-order chi connectivity index (χ1) is 17.2. The second-order valence-corrected chi connectivity index (χ2v) is 8.31. The number of ether oxygens (including phenoxy) is 2. The van der Waals surface area contributed by atoms with Crippen molar-refractivity contribution in [1.29, 1.82) is 0 Å². The van der Waals surface area contributed by atoms with Crippen molar-refractivity contribution in [2.45, 2.75) is 77.7 Å². The van der Waals surface area contributed by atoms with Gasteiger partial charge in [-0.15, -0.1) is 6.42 Å². The molecule has 0 aromatic heterocycles. The molecule has 0 saturated carbocycles. The van der Waals surface area contributed by atoms with Crippen LogP contribution in [0.4, 0.5) is 0 Å². The second-order valence-electron chi connectivity index (χ2n) is 7.16. The van der Waals surface area contributed by atoms with Gasteiger partial charge in [-0.3, -0.25) is 14.9 Å². The Morgan fingerprint density at radius 2 is 1.53 bits per heavy atom. The number of carbonyl (C=O) groups is 2. The molecule has 0 aromatic rings. The van der Waals surface area contributed by atoms with Gasteiger partial charge in [0, 0.05) is 47.1 Å². The van der Waals surface area contributed by atoms with Gasteiger partial charge in [0.2, 0.25) is 5.91 Å².